The second-order valence-electron chi connectivity index (χ2n) is 6.32. The third-order valence-electron chi connectivity index (χ3n) is 3.73. The smallest absolute Gasteiger partial charge is 0.258 e. The molecule has 0 aliphatic rings. The molecule has 2 amide bonds. The van der Waals surface area contributed by atoms with Crippen LogP contribution in [0.4, 0.5) is 5.69 Å². The van der Waals surface area contributed by atoms with E-state index in [1.54, 1.807) is 18.2 Å². The predicted octanol–water partition coefficient (Wildman–Crippen LogP) is 3.94. The zero-order valence-electron chi connectivity index (χ0n) is 15.1. The average Bonchev–Trinajstić information content (AvgIpc) is 2.62. The largest absolute Gasteiger partial charge is 0.484 e. The number of ether oxygens (including phenoxy) is 1. The minimum atomic E-state index is -0.213. The van der Waals surface area contributed by atoms with Crippen LogP contribution in [-0.4, -0.2) is 18.4 Å². The van der Waals surface area contributed by atoms with Crippen molar-refractivity contribution in [2.75, 3.05) is 11.9 Å². The lowest BCUT2D eigenvalue weighted by Gasteiger charge is -2.10. The maximum atomic E-state index is 11.9. The Morgan fingerprint density at radius 2 is 1.81 bits per heavy atom. The molecule has 2 aromatic rings. The fourth-order valence-electron chi connectivity index (χ4n) is 2.10. The van der Waals surface area contributed by atoms with Gasteiger partial charge in [0.1, 0.15) is 5.75 Å². The number of aryl methyl sites for hydroxylation is 1. The van der Waals surface area contributed by atoms with Crippen LogP contribution >= 0.6 is 11.6 Å². The molecule has 6 heteroatoms. The van der Waals surface area contributed by atoms with Gasteiger partial charge in [-0.3, -0.25) is 9.59 Å². The van der Waals surface area contributed by atoms with Crippen molar-refractivity contribution in [1.82, 2.24) is 5.32 Å². The Hall–Kier alpha value is -2.53. The first-order valence-corrected chi connectivity index (χ1v) is 8.78. The van der Waals surface area contributed by atoms with Crippen molar-refractivity contribution < 1.29 is 14.3 Å². The van der Waals surface area contributed by atoms with Crippen molar-refractivity contribution >= 4 is 29.1 Å². The van der Waals surface area contributed by atoms with Gasteiger partial charge in [-0.15, -0.1) is 0 Å². The summed E-state index contributed by atoms with van der Waals surface area (Å²) in [5.41, 5.74) is 2.57. The van der Waals surface area contributed by atoms with Gasteiger partial charge in [0.2, 0.25) is 5.91 Å². The standard InChI is InChI=1S/C20H23ClN2O3/c1-13(2)20(25)23-16-6-4-15(5-7-16)11-22-19(24)12-26-17-8-9-18(21)14(3)10-17/h4-10,13H,11-12H2,1-3H3,(H,22,24)(H,23,25). The van der Waals surface area contributed by atoms with E-state index in [4.69, 9.17) is 16.3 Å². The Labute approximate surface area is 158 Å². The zero-order valence-corrected chi connectivity index (χ0v) is 15.9. The number of hydrogen-bond donors (Lipinski definition) is 2. The summed E-state index contributed by atoms with van der Waals surface area (Å²) >= 11 is 5.96. The molecule has 0 spiro atoms. The molecule has 2 N–H and O–H groups in total. The van der Waals surface area contributed by atoms with Crippen molar-refractivity contribution in [1.29, 1.82) is 0 Å². The van der Waals surface area contributed by atoms with Crippen molar-refractivity contribution in [3.63, 3.8) is 0 Å². The number of amides is 2. The Morgan fingerprint density at radius 1 is 1.12 bits per heavy atom. The van der Waals surface area contributed by atoms with Crippen molar-refractivity contribution in [3.8, 4) is 5.75 Å². The third-order valence-corrected chi connectivity index (χ3v) is 4.16. The summed E-state index contributed by atoms with van der Waals surface area (Å²) in [6.07, 6.45) is 0. The number of benzene rings is 2. The molecule has 2 rings (SSSR count). The Kier molecular flexibility index (Phi) is 7.04. The molecule has 0 heterocycles. The number of rotatable bonds is 7. The molecule has 0 unspecified atom stereocenters. The van der Waals surface area contributed by atoms with Gasteiger partial charge in [-0.1, -0.05) is 37.6 Å². The average molecular weight is 375 g/mol. The van der Waals surface area contributed by atoms with E-state index in [1.165, 1.54) is 0 Å². The van der Waals surface area contributed by atoms with Gasteiger partial charge in [0.15, 0.2) is 6.61 Å². The molecule has 0 saturated heterocycles. The van der Waals surface area contributed by atoms with Crippen LogP contribution in [0.25, 0.3) is 0 Å². The Bertz CT molecular complexity index is 773. The minimum absolute atomic E-state index is 0.0272. The fourth-order valence-corrected chi connectivity index (χ4v) is 2.22. The topological polar surface area (TPSA) is 67.4 Å². The molecule has 0 radical (unpaired) electrons. The molecule has 0 bridgehead atoms. The molecule has 0 aliphatic heterocycles. The van der Waals surface area contributed by atoms with Crippen LogP contribution in [-0.2, 0) is 16.1 Å². The van der Waals surface area contributed by atoms with E-state index in [-0.39, 0.29) is 24.3 Å². The highest BCUT2D eigenvalue weighted by atomic mass is 35.5. The molecule has 0 atom stereocenters. The maximum Gasteiger partial charge on any atom is 0.258 e. The molecular weight excluding hydrogens is 352 g/mol. The van der Waals surface area contributed by atoms with Crippen molar-refractivity contribution in [2.24, 2.45) is 5.92 Å². The summed E-state index contributed by atoms with van der Waals surface area (Å²) < 4.78 is 5.46. The summed E-state index contributed by atoms with van der Waals surface area (Å²) in [6.45, 7) is 5.88. The summed E-state index contributed by atoms with van der Waals surface area (Å²) in [5.74, 6) is 0.293. The zero-order chi connectivity index (χ0) is 19.1. The van der Waals surface area contributed by atoms with E-state index >= 15 is 0 Å². The second-order valence-corrected chi connectivity index (χ2v) is 6.72. The van der Waals surface area contributed by atoms with Crippen molar-refractivity contribution in [2.45, 2.75) is 27.3 Å². The second kappa shape index (κ2) is 9.25. The van der Waals surface area contributed by atoms with Crippen LogP contribution in [0, 0.1) is 12.8 Å². The molecule has 26 heavy (non-hydrogen) atoms. The molecular formula is C20H23ClN2O3. The molecule has 5 nitrogen and oxygen atoms in total. The van der Waals surface area contributed by atoms with Crippen LogP contribution < -0.4 is 15.4 Å². The van der Waals surface area contributed by atoms with Crippen LogP contribution in [0.2, 0.25) is 5.02 Å². The first kappa shape index (κ1) is 19.8. The highest BCUT2D eigenvalue weighted by molar-refractivity contribution is 6.31. The Morgan fingerprint density at radius 3 is 2.42 bits per heavy atom. The molecule has 0 saturated carbocycles. The van der Waals surface area contributed by atoms with Gasteiger partial charge in [0.25, 0.3) is 5.91 Å². The quantitative estimate of drug-likeness (QED) is 0.771. The first-order chi connectivity index (χ1) is 12.3. The predicted molar refractivity (Wildman–Crippen MR) is 103 cm³/mol. The number of hydrogen-bond acceptors (Lipinski definition) is 3. The lowest BCUT2D eigenvalue weighted by atomic mass is 10.1. The SMILES string of the molecule is Cc1cc(OCC(=O)NCc2ccc(NC(=O)C(C)C)cc2)ccc1Cl. The Balaban J connectivity index is 1.78. The lowest BCUT2D eigenvalue weighted by molar-refractivity contribution is -0.123. The summed E-state index contributed by atoms with van der Waals surface area (Å²) in [5, 5.41) is 6.28. The van der Waals surface area contributed by atoms with Crippen LogP contribution in [0.5, 0.6) is 5.75 Å². The molecule has 2 aromatic carbocycles. The third kappa shape index (κ3) is 6.08. The number of carbonyl (C=O) groups excluding carboxylic acids is 2. The number of halogens is 1. The van der Waals surface area contributed by atoms with Gasteiger partial charge in [-0.2, -0.15) is 0 Å². The van der Waals surface area contributed by atoms with E-state index in [0.29, 0.717) is 17.3 Å². The van der Waals surface area contributed by atoms with E-state index in [2.05, 4.69) is 10.6 Å². The van der Waals surface area contributed by atoms with Crippen LogP contribution in [0.15, 0.2) is 42.5 Å². The molecule has 138 valence electrons. The number of carbonyl (C=O) groups is 2. The highest BCUT2D eigenvalue weighted by Gasteiger charge is 2.07. The van der Waals surface area contributed by atoms with Gasteiger partial charge < -0.3 is 15.4 Å². The normalized spacial score (nSPS) is 10.5. The van der Waals surface area contributed by atoms with Gasteiger partial charge in [0.05, 0.1) is 0 Å². The van der Waals surface area contributed by atoms with Gasteiger partial charge in [-0.25, -0.2) is 0 Å². The summed E-state index contributed by atoms with van der Waals surface area (Å²) in [6, 6.07) is 12.6. The minimum Gasteiger partial charge on any atom is -0.484 e. The van der Waals surface area contributed by atoms with E-state index in [9.17, 15) is 9.59 Å². The van der Waals surface area contributed by atoms with E-state index in [0.717, 1.165) is 16.8 Å². The van der Waals surface area contributed by atoms with Gasteiger partial charge >= 0.3 is 0 Å². The maximum absolute atomic E-state index is 11.9. The van der Waals surface area contributed by atoms with Gasteiger partial charge in [0, 0.05) is 23.2 Å². The van der Waals surface area contributed by atoms with Crippen LogP contribution in [0.3, 0.4) is 0 Å². The fraction of sp³-hybridized carbons (Fsp3) is 0.300. The first-order valence-electron chi connectivity index (χ1n) is 8.40. The molecule has 0 aliphatic carbocycles. The van der Waals surface area contributed by atoms with E-state index in [1.807, 2.05) is 45.0 Å². The number of nitrogens with one attached hydrogen (secondary N) is 2. The molecule has 0 fully saturated rings. The lowest BCUT2D eigenvalue weighted by Crippen LogP contribution is -2.28. The van der Waals surface area contributed by atoms with E-state index < -0.39 is 0 Å². The van der Waals surface area contributed by atoms with Gasteiger partial charge in [-0.05, 0) is 48.4 Å². The van der Waals surface area contributed by atoms with Crippen molar-refractivity contribution in [3.05, 3.63) is 58.6 Å². The molecule has 0 aromatic heterocycles. The summed E-state index contributed by atoms with van der Waals surface area (Å²) in [7, 11) is 0. The number of anilines is 1. The highest BCUT2D eigenvalue weighted by Crippen LogP contribution is 2.20. The monoisotopic (exact) mass is 374 g/mol. The summed E-state index contributed by atoms with van der Waals surface area (Å²) in [4.78, 5) is 23.6. The van der Waals surface area contributed by atoms with Crippen LogP contribution in [0.1, 0.15) is 25.0 Å².